The van der Waals surface area contributed by atoms with Crippen molar-refractivity contribution in [3.63, 3.8) is 0 Å². The van der Waals surface area contributed by atoms with Crippen molar-refractivity contribution in [1.82, 2.24) is 14.2 Å². The molecule has 1 amide bonds. The molecule has 0 unspecified atom stereocenters. The van der Waals surface area contributed by atoms with E-state index in [1.807, 2.05) is 24.0 Å². The van der Waals surface area contributed by atoms with Crippen LogP contribution < -0.4 is 0 Å². The number of sulfonamides is 1. The van der Waals surface area contributed by atoms with Crippen LogP contribution in [0.3, 0.4) is 0 Å². The number of hydrogen-bond donors (Lipinski definition) is 0. The zero-order valence-corrected chi connectivity index (χ0v) is 16.4. The number of nitrogens with zero attached hydrogens (tertiary/aromatic N) is 3. The van der Waals surface area contributed by atoms with Gasteiger partial charge in [0.05, 0.1) is 5.52 Å². The molecule has 2 aliphatic rings. The molecule has 0 radical (unpaired) electrons. The number of para-hydroxylation sites is 1. The lowest BCUT2D eigenvalue weighted by Gasteiger charge is -2.32. The van der Waals surface area contributed by atoms with Crippen LogP contribution in [0.25, 0.3) is 10.9 Å². The molecule has 6 nitrogen and oxygen atoms in total. The molecule has 4 rings (SSSR count). The Morgan fingerprint density at radius 2 is 1.81 bits per heavy atom. The fraction of sp³-hybridized carbons (Fsp3) is 0.500. The smallest absolute Gasteiger partial charge is 0.245 e. The van der Waals surface area contributed by atoms with Gasteiger partial charge in [0.25, 0.3) is 0 Å². The molecule has 0 bridgehead atoms. The summed E-state index contributed by atoms with van der Waals surface area (Å²) in [4.78, 5) is 19.1. The minimum Gasteiger partial charge on any atom is -0.342 e. The second-order valence-corrected chi connectivity index (χ2v) is 9.46. The number of rotatable bonds is 3. The Labute approximate surface area is 160 Å². The molecule has 0 N–H and O–H groups in total. The van der Waals surface area contributed by atoms with Gasteiger partial charge in [-0.05, 0) is 50.3 Å². The van der Waals surface area contributed by atoms with Crippen LogP contribution in [0.4, 0.5) is 0 Å². The van der Waals surface area contributed by atoms with Crippen LogP contribution in [0.15, 0.2) is 35.4 Å². The number of benzene rings is 1. The van der Waals surface area contributed by atoms with Crippen LogP contribution in [-0.4, -0.2) is 54.7 Å². The monoisotopic (exact) mass is 387 g/mol. The summed E-state index contributed by atoms with van der Waals surface area (Å²) in [5, 5.41) is 0.829. The van der Waals surface area contributed by atoms with Crippen molar-refractivity contribution in [1.29, 1.82) is 0 Å². The summed E-state index contributed by atoms with van der Waals surface area (Å²) in [5.41, 5.74) is 1.51. The first-order chi connectivity index (χ1) is 13.0. The topological polar surface area (TPSA) is 70.6 Å². The van der Waals surface area contributed by atoms with E-state index in [0.717, 1.165) is 36.9 Å². The predicted octanol–water partition coefficient (Wildman–Crippen LogP) is 2.57. The molecule has 1 aromatic heterocycles. The van der Waals surface area contributed by atoms with Gasteiger partial charge in [0.1, 0.15) is 4.90 Å². The van der Waals surface area contributed by atoms with Crippen LogP contribution in [-0.2, 0) is 14.8 Å². The standard InChI is InChI=1S/C20H25N3O3S/c1-15-13-17-5-4-6-18(19(17)21-14-15)27(25,26)23-11-7-16(8-12-23)20(24)22-9-2-3-10-22/h4-6,13-14,16H,2-3,7-12H2,1H3. The van der Waals surface area contributed by atoms with Gasteiger partial charge < -0.3 is 4.90 Å². The third kappa shape index (κ3) is 3.46. The minimum atomic E-state index is -3.62. The number of aromatic nitrogens is 1. The number of pyridine rings is 1. The van der Waals surface area contributed by atoms with Crippen LogP contribution in [0.5, 0.6) is 0 Å². The Hall–Kier alpha value is -1.99. The molecule has 27 heavy (non-hydrogen) atoms. The van der Waals surface area contributed by atoms with Gasteiger partial charge in [0.15, 0.2) is 0 Å². The highest BCUT2D eigenvalue weighted by atomic mass is 32.2. The van der Waals surface area contributed by atoms with Crippen molar-refractivity contribution in [3.8, 4) is 0 Å². The molecule has 1 aromatic carbocycles. The summed E-state index contributed by atoms with van der Waals surface area (Å²) in [5.74, 6) is 0.148. The van der Waals surface area contributed by atoms with E-state index in [0.29, 0.717) is 31.4 Å². The SMILES string of the molecule is Cc1cnc2c(S(=O)(=O)N3CCC(C(=O)N4CCCC4)CC3)cccc2c1. The molecule has 144 valence electrons. The molecule has 2 aromatic rings. The predicted molar refractivity (Wildman–Crippen MR) is 104 cm³/mol. The normalized spacial score (nSPS) is 19.7. The fourth-order valence-corrected chi connectivity index (χ4v) is 5.76. The number of aryl methyl sites for hydroxylation is 1. The number of piperidine rings is 1. The third-order valence-corrected chi connectivity index (χ3v) is 7.58. The second kappa shape index (κ2) is 7.20. The van der Waals surface area contributed by atoms with Crippen molar-refractivity contribution in [2.24, 2.45) is 5.92 Å². The maximum atomic E-state index is 13.2. The molecule has 3 heterocycles. The summed E-state index contributed by atoms with van der Waals surface area (Å²) >= 11 is 0. The zero-order chi connectivity index (χ0) is 19.0. The average molecular weight is 388 g/mol. The lowest BCUT2D eigenvalue weighted by Crippen LogP contribution is -2.43. The Bertz CT molecular complexity index is 960. The van der Waals surface area contributed by atoms with Gasteiger partial charge in [-0.3, -0.25) is 9.78 Å². The van der Waals surface area contributed by atoms with Crippen molar-refractivity contribution in [3.05, 3.63) is 36.0 Å². The molecule has 0 spiro atoms. The summed E-state index contributed by atoms with van der Waals surface area (Å²) < 4.78 is 27.9. The largest absolute Gasteiger partial charge is 0.342 e. The van der Waals surface area contributed by atoms with Gasteiger partial charge in [0, 0.05) is 43.7 Å². The first kappa shape index (κ1) is 18.4. The molecule has 0 atom stereocenters. The fourth-order valence-electron chi connectivity index (χ4n) is 4.13. The van der Waals surface area contributed by atoms with E-state index in [1.54, 1.807) is 18.3 Å². The minimum absolute atomic E-state index is 0.0529. The molecule has 7 heteroatoms. The van der Waals surface area contributed by atoms with Crippen molar-refractivity contribution < 1.29 is 13.2 Å². The number of hydrogen-bond acceptors (Lipinski definition) is 4. The summed E-state index contributed by atoms with van der Waals surface area (Å²) in [6, 6.07) is 7.22. The molecule has 2 fully saturated rings. The van der Waals surface area contributed by atoms with E-state index >= 15 is 0 Å². The third-order valence-electron chi connectivity index (χ3n) is 5.65. The Morgan fingerprint density at radius 1 is 1.11 bits per heavy atom. The van der Waals surface area contributed by atoms with E-state index in [-0.39, 0.29) is 16.7 Å². The van der Waals surface area contributed by atoms with Crippen LogP contribution >= 0.6 is 0 Å². The Kier molecular flexibility index (Phi) is 4.90. The molecule has 2 aliphatic heterocycles. The van der Waals surface area contributed by atoms with Gasteiger partial charge >= 0.3 is 0 Å². The maximum absolute atomic E-state index is 13.2. The van der Waals surface area contributed by atoms with Gasteiger partial charge in [0.2, 0.25) is 15.9 Å². The van der Waals surface area contributed by atoms with E-state index in [1.165, 1.54) is 4.31 Å². The van der Waals surface area contributed by atoms with E-state index < -0.39 is 10.0 Å². The number of carbonyl (C=O) groups excluding carboxylic acids is 1. The van der Waals surface area contributed by atoms with Gasteiger partial charge in [-0.25, -0.2) is 8.42 Å². The highest BCUT2D eigenvalue weighted by molar-refractivity contribution is 7.89. The Balaban J connectivity index is 1.53. The second-order valence-electron chi connectivity index (χ2n) is 7.55. The Morgan fingerprint density at radius 3 is 2.52 bits per heavy atom. The molecule has 0 saturated carbocycles. The highest BCUT2D eigenvalue weighted by Gasteiger charge is 2.35. The average Bonchev–Trinajstić information content (AvgIpc) is 3.21. The lowest BCUT2D eigenvalue weighted by atomic mass is 9.97. The summed E-state index contributed by atoms with van der Waals surface area (Å²) in [7, 11) is -3.62. The van der Waals surface area contributed by atoms with Crippen molar-refractivity contribution in [2.45, 2.75) is 37.5 Å². The molecule has 0 aliphatic carbocycles. The van der Waals surface area contributed by atoms with Crippen molar-refractivity contribution >= 4 is 26.8 Å². The zero-order valence-electron chi connectivity index (χ0n) is 15.6. The van der Waals surface area contributed by atoms with Gasteiger partial charge in [-0.2, -0.15) is 4.31 Å². The van der Waals surface area contributed by atoms with Crippen LogP contribution in [0, 0.1) is 12.8 Å². The highest BCUT2D eigenvalue weighted by Crippen LogP contribution is 2.29. The van der Waals surface area contributed by atoms with E-state index in [4.69, 9.17) is 0 Å². The number of fused-ring (bicyclic) bond motifs is 1. The van der Waals surface area contributed by atoms with Gasteiger partial charge in [-0.1, -0.05) is 12.1 Å². The van der Waals surface area contributed by atoms with Crippen LogP contribution in [0.1, 0.15) is 31.2 Å². The van der Waals surface area contributed by atoms with Crippen LogP contribution in [0.2, 0.25) is 0 Å². The number of likely N-dealkylation sites (tertiary alicyclic amines) is 1. The van der Waals surface area contributed by atoms with E-state index in [9.17, 15) is 13.2 Å². The summed E-state index contributed by atoms with van der Waals surface area (Å²) in [6.45, 7) is 4.40. The number of amides is 1. The van der Waals surface area contributed by atoms with Gasteiger partial charge in [-0.15, -0.1) is 0 Å². The maximum Gasteiger partial charge on any atom is 0.245 e. The van der Waals surface area contributed by atoms with E-state index in [2.05, 4.69) is 4.98 Å². The molecular formula is C20H25N3O3S. The summed E-state index contributed by atoms with van der Waals surface area (Å²) in [6.07, 6.45) is 5.03. The quantitative estimate of drug-likeness (QED) is 0.812. The first-order valence-corrected chi connectivity index (χ1v) is 11.0. The lowest BCUT2D eigenvalue weighted by molar-refractivity contribution is -0.135. The molecule has 2 saturated heterocycles. The first-order valence-electron chi connectivity index (χ1n) is 9.61. The van der Waals surface area contributed by atoms with Crippen molar-refractivity contribution in [2.75, 3.05) is 26.2 Å². The number of carbonyl (C=O) groups is 1. The molecular weight excluding hydrogens is 362 g/mol.